The maximum Gasteiger partial charge on any atom is 0.249 e. The number of aromatic nitrogens is 1. The molecule has 6 nitrogen and oxygen atoms in total. The van der Waals surface area contributed by atoms with Crippen molar-refractivity contribution in [3.63, 3.8) is 0 Å². The van der Waals surface area contributed by atoms with Gasteiger partial charge in [0, 0.05) is 38.1 Å². The molecule has 1 saturated carbocycles. The van der Waals surface area contributed by atoms with Gasteiger partial charge in [0.2, 0.25) is 11.8 Å². The zero-order valence-corrected chi connectivity index (χ0v) is 18.3. The van der Waals surface area contributed by atoms with Gasteiger partial charge in [-0.3, -0.25) is 9.59 Å². The molecule has 2 amide bonds. The number of amides is 2. The molecule has 1 aliphatic carbocycles. The van der Waals surface area contributed by atoms with Crippen LogP contribution in [0, 0.1) is 5.92 Å². The first-order chi connectivity index (χ1) is 14.5. The van der Waals surface area contributed by atoms with Gasteiger partial charge >= 0.3 is 0 Å². The van der Waals surface area contributed by atoms with E-state index in [1.807, 2.05) is 43.0 Å². The third kappa shape index (κ3) is 6.20. The average molecular weight is 412 g/mol. The molecule has 0 unspecified atom stereocenters. The Bertz CT molecular complexity index is 827. The molecular weight excluding hydrogens is 378 g/mol. The number of methoxy groups -OCH3 is 1. The summed E-state index contributed by atoms with van der Waals surface area (Å²) in [6, 6.07) is 14.7. The second kappa shape index (κ2) is 10.4. The first-order valence-corrected chi connectivity index (χ1v) is 10.7. The Morgan fingerprint density at radius 1 is 1.10 bits per heavy atom. The molecule has 1 aliphatic rings. The molecule has 6 heteroatoms. The van der Waals surface area contributed by atoms with E-state index in [0.717, 1.165) is 25.1 Å². The van der Waals surface area contributed by atoms with Gasteiger partial charge in [-0.1, -0.05) is 44.2 Å². The van der Waals surface area contributed by atoms with E-state index in [-0.39, 0.29) is 36.9 Å². The lowest BCUT2D eigenvalue weighted by atomic mass is 10.2. The highest BCUT2D eigenvalue weighted by Gasteiger charge is 2.34. The van der Waals surface area contributed by atoms with E-state index in [1.165, 1.54) is 12.7 Å². The summed E-state index contributed by atoms with van der Waals surface area (Å²) in [6.45, 7) is 6.11. The fourth-order valence-corrected chi connectivity index (χ4v) is 3.67. The van der Waals surface area contributed by atoms with Crippen molar-refractivity contribution in [3.05, 3.63) is 59.9 Å². The van der Waals surface area contributed by atoms with Crippen molar-refractivity contribution >= 4 is 11.8 Å². The summed E-state index contributed by atoms with van der Waals surface area (Å²) < 4.78 is 7.20. The molecule has 1 fully saturated rings. The summed E-state index contributed by atoms with van der Waals surface area (Å²) in [5, 5.41) is 0. The molecule has 30 heavy (non-hydrogen) atoms. The van der Waals surface area contributed by atoms with E-state index in [0.29, 0.717) is 13.1 Å². The van der Waals surface area contributed by atoms with Gasteiger partial charge < -0.3 is 19.1 Å². The minimum absolute atomic E-state index is 0.00333. The molecule has 0 aliphatic heterocycles. The average Bonchev–Trinajstić information content (AvgIpc) is 3.46. The minimum atomic E-state index is -0.136. The van der Waals surface area contributed by atoms with Crippen LogP contribution in [0.2, 0.25) is 0 Å². The van der Waals surface area contributed by atoms with Crippen molar-refractivity contribution in [2.24, 2.45) is 5.92 Å². The summed E-state index contributed by atoms with van der Waals surface area (Å²) in [7, 11) is 1.50. The topological polar surface area (TPSA) is 54.8 Å². The predicted octanol–water partition coefficient (Wildman–Crippen LogP) is 3.16. The summed E-state index contributed by atoms with van der Waals surface area (Å²) in [5.74, 6) is 0.161. The van der Waals surface area contributed by atoms with Crippen LogP contribution in [0.1, 0.15) is 37.9 Å². The highest BCUT2D eigenvalue weighted by molar-refractivity contribution is 5.85. The standard InChI is InChI=1S/C24H33N3O3/c1-19(2)14-26(24(29)18-30-3)17-23(28)27(21-11-12-21)16-22-10-7-13-25(22)15-20-8-5-4-6-9-20/h4-10,13,19,21H,11-12,14-18H2,1-3H3. The number of hydrogen-bond acceptors (Lipinski definition) is 3. The number of hydrogen-bond donors (Lipinski definition) is 0. The molecule has 1 heterocycles. The number of carbonyl (C=O) groups is 2. The Labute approximate surface area is 179 Å². The maximum absolute atomic E-state index is 13.2. The molecular formula is C24H33N3O3. The van der Waals surface area contributed by atoms with E-state index >= 15 is 0 Å². The first-order valence-electron chi connectivity index (χ1n) is 10.7. The van der Waals surface area contributed by atoms with Gasteiger partial charge in [0.15, 0.2) is 0 Å². The number of ether oxygens (including phenoxy) is 1. The van der Waals surface area contributed by atoms with Crippen LogP contribution in [0.5, 0.6) is 0 Å². The third-order valence-electron chi connectivity index (χ3n) is 5.29. The minimum Gasteiger partial charge on any atom is -0.375 e. The van der Waals surface area contributed by atoms with Crippen LogP contribution < -0.4 is 0 Å². The van der Waals surface area contributed by atoms with Crippen LogP contribution >= 0.6 is 0 Å². The van der Waals surface area contributed by atoms with E-state index < -0.39 is 0 Å². The molecule has 162 valence electrons. The zero-order chi connectivity index (χ0) is 21.5. The van der Waals surface area contributed by atoms with Crippen molar-refractivity contribution in [3.8, 4) is 0 Å². The van der Waals surface area contributed by atoms with Gasteiger partial charge in [0.25, 0.3) is 0 Å². The first kappa shape index (κ1) is 22.1. The van der Waals surface area contributed by atoms with Crippen LogP contribution in [-0.2, 0) is 27.4 Å². The van der Waals surface area contributed by atoms with Crippen molar-refractivity contribution < 1.29 is 14.3 Å². The van der Waals surface area contributed by atoms with Crippen molar-refractivity contribution in [2.75, 3.05) is 26.8 Å². The quantitative estimate of drug-likeness (QED) is 0.571. The molecule has 0 atom stereocenters. The van der Waals surface area contributed by atoms with E-state index in [1.54, 1.807) is 4.90 Å². The monoisotopic (exact) mass is 411 g/mol. The number of carbonyl (C=O) groups excluding carboxylic acids is 2. The van der Waals surface area contributed by atoms with Crippen LogP contribution in [0.15, 0.2) is 48.7 Å². The van der Waals surface area contributed by atoms with Crippen LogP contribution in [0.4, 0.5) is 0 Å². The van der Waals surface area contributed by atoms with Gasteiger partial charge in [0.1, 0.15) is 6.61 Å². The molecule has 0 spiro atoms. The van der Waals surface area contributed by atoms with E-state index in [2.05, 4.69) is 29.0 Å². The Balaban J connectivity index is 1.69. The molecule has 1 aromatic heterocycles. The van der Waals surface area contributed by atoms with Crippen LogP contribution in [0.3, 0.4) is 0 Å². The normalized spacial score (nSPS) is 13.5. The molecule has 1 aromatic carbocycles. The van der Waals surface area contributed by atoms with Crippen molar-refractivity contribution in [1.82, 2.24) is 14.4 Å². The smallest absolute Gasteiger partial charge is 0.249 e. The maximum atomic E-state index is 13.2. The van der Waals surface area contributed by atoms with Gasteiger partial charge in [-0.15, -0.1) is 0 Å². The molecule has 0 bridgehead atoms. The molecule has 0 saturated heterocycles. The Hall–Kier alpha value is -2.60. The summed E-state index contributed by atoms with van der Waals surface area (Å²) in [6.07, 6.45) is 4.12. The molecule has 0 N–H and O–H groups in total. The van der Waals surface area contributed by atoms with E-state index in [4.69, 9.17) is 4.74 Å². The second-order valence-corrected chi connectivity index (χ2v) is 8.47. The lowest BCUT2D eigenvalue weighted by Gasteiger charge is -2.29. The molecule has 2 aromatic rings. The molecule has 3 rings (SSSR count). The number of rotatable bonds is 11. The zero-order valence-electron chi connectivity index (χ0n) is 18.3. The fourth-order valence-electron chi connectivity index (χ4n) is 3.67. The highest BCUT2D eigenvalue weighted by atomic mass is 16.5. The summed E-state index contributed by atoms with van der Waals surface area (Å²) in [4.78, 5) is 29.2. The molecule has 0 radical (unpaired) electrons. The van der Waals surface area contributed by atoms with Crippen molar-refractivity contribution in [1.29, 1.82) is 0 Å². The van der Waals surface area contributed by atoms with E-state index in [9.17, 15) is 9.59 Å². The Kier molecular flexibility index (Phi) is 7.69. The van der Waals surface area contributed by atoms with Gasteiger partial charge in [-0.05, 0) is 36.5 Å². The van der Waals surface area contributed by atoms with Gasteiger partial charge in [0.05, 0.1) is 13.1 Å². The Morgan fingerprint density at radius 3 is 2.47 bits per heavy atom. The largest absolute Gasteiger partial charge is 0.375 e. The third-order valence-corrected chi connectivity index (χ3v) is 5.29. The lowest BCUT2D eigenvalue weighted by molar-refractivity contribution is -0.143. The number of nitrogens with zero attached hydrogens (tertiary/aromatic N) is 3. The van der Waals surface area contributed by atoms with Gasteiger partial charge in [-0.2, -0.15) is 0 Å². The van der Waals surface area contributed by atoms with Crippen LogP contribution in [0.25, 0.3) is 0 Å². The summed E-state index contributed by atoms with van der Waals surface area (Å²) in [5.41, 5.74) is 2.34. The lowest BCUT2D eigenvalue weighted by Crippen LogP contribution is -2.46. The van der Waals surface area contributed by atoms with Crippen molar-refractivity contribution in [2.45, 2.75) is 45.8 Å². The SMILES string of the molecule is COCC(=O)N(CC(=O)N(Cc1cccn1Cc1ccccc1)C1CC1)CC(C)C. The van der Waals surface area contributed by atoms with Crippen LogP contribution in [-0.4, -0.2) is 59.0 Å². The predicted molar refractivity (Wildman–Crippen MR) is 117 cm³/mol. The van der Waals surface area contributed by atoms with Gasteiger partial charge in [-0.25, -0.2) is 0 Å². The summed E-state index contributed by atoms with van der Waals surface area (Å²) >= 11 is 0. The Morgan fingerprint density at radius 2 is 1.83 bits per heavy atom. The second-order valence-electron chi connectivity index (χ2n) is 8.47. The number of benzene rings is 1. The fraction of sp³-hybridized carbons (Fsp3) is 0.500. The highest BCUT2D eigenvalue weighted by Crippen LogP contribution is 2.29.